The maximum absolute atomic E-state index is 13.5. The molecule has 0 aliphatic rings. The van der Waals surface area contributed by atoms with E-state index in [-0.39, 0.29) is 18.3 Å². The molecule has 2 aromatic carbocycles. The van der Waals surface area contributed by atoms with E-state index in [9.17, 15) is 8.78 Å². The molecule has 0 saturated carbocycles. The highest BCUT2D eigenvalue weighted by Gasteiger charge is 2.09. The van der Waals surface area contributed by atoms with E-state index in [2.05, 4.69) is 5.32 Å². The van der Waals surface area contributed by atoms with Crippen LogP contribution in [-0.2, 0) is 6.61 Å². The molecule has 0 spiro atoms. The number of halogens is 2. The Morgan fingerprint density at radius 1 is 1.16 bits per heavy atom. The van der Waals surface area contributed by atoms with Crippen LogP contribution in [0.2, 0.25) is 0 Å². The van der Waals surface area contributed by atoms with Crippen molar-refractivity contribution in [2.75, 3.05) is 5.32 Å². The summed E-state index contributed by atoms with van der Waals surface area (Å²) in [7, 11) is 0. The van der Waals surface area contributed by atoms with Crippen molar-refractivity contribution in [3.05, 3.63) is 65.2 Å². The molecule has 2 aromatic rings. The van der Waals surface area contributed by atoms with Crippen molar-refractivity contribution in [3.63, 3.8) is 0 Å². The number of hydrogen-bond donors (Lipinski definition) is 2. The SMILES string of the molecule is CC(Nc1cc(F)ccc1F)c1cccc(CO)c1. The van der Waals surface area contributed by atoms with Gasteiger partial charge in [-0.2, -0.15) is 0 Å². The van der Waals surface area contributed by atoms with Gasteiger partial charge in [-0.3, -0.25) is 0 Å². The average Bonchev–Trinajstić information content (AvgIpc) is 2.43. The molecular weight excluding hydrogens is 248 g/mol. The van der Waals surface area contributed by atoms with Gasteiger partial charge in [-0.15, -0.1) is 0 Å². The van der Waals surface area contributed by atoms with Crippen molar-refractivity contribution < 1.29 is 13.9 Å². The van der Waals surface area contributed by atoms with Crippen LogP contribution >= 0.6 is 0 Å². The third-order valence-electron chi connectivity index (χ3n) is 2.93. The van der Waals surface area contributed by atoms with Crippen molar-refractivity contribution in [3.8, 4) is 0 Å². The number of hydrogen-bond acceptors (Lipinski definition) is 2. The van der Waals surface area contributed by atoms with Gasteiger partial charge in [0.25, 0.3) is 0 Å². The maximum atomic E-state index is 13.5. The lowest BCUT2D eigenvalue weighted by molar-refractivity contribution is 0.281. The minimum Gasteiger partial charge on any atom is -0.392 e. The van der Waals surface area contributed by atoms with Gasteiger partial charge in [0.1, 0.15) is 11.6 Å². The topological polar surface area (TPSA) is 32.3 Å². The van der Waals surface area contributed by atoms with Gasteiger partial charge < -0.3 is 10.4 Å². The van der Waals surface area contributed by atoms with Crippen LogP contribution in [0.5, 0.6) is 0 Å². The zero-order valence-electron chi connectivity index (χ0n) is 10.5. The van der Waals surface area contributed by atoms with E-state index in [1.165, 1.54) is 0 Å². The molecule has 0 aliphatic heterocycles. The van der Waals surface area contributed by atoms with Crippen LogP contribution in [0, 0.1) is 11.6 Å². The molecule has 19 heavy (non-hydrogen) atoms. The van der Waals surface area contributed by atoms with E-state index in [1.807, 2.05) is 25.1 Å². The molecule has 100 valence electrons. The van der Waals surface area contributed by atoms with E-state index >= 15 is 0 Å². The van der Waals surface area contributed by atoms with Gasteiger partial charge in [-0.25, -0.2) is 8.78 Å². The average molecular weight is 263 g/mol. The molecule has 0 aromatic heterocycles. The van der Waals surface area contributed by atoms with E-state index in [0.717, 1.165) is 29.3 Å². The number of benzene rings is 2. The molecule has 1 unspecified atom stereocenters. The quantitative estimate of drug-likeness (QED) is 0.882. The molecule has 0 amide bonds. The summed E-state index contributed by atoms with van der Waals surface area (Å²) in [5.74, 6) is -0.980. The van der Waals surface area contributed by atoms with Crippen molar-refractivity contribution in [1.82, 2.24) is 0 Å². The highest BCUT2D eigenvalue weighted by atomic mass is 19.1. The molecule has 0 aliphatic carbocycles. The summed E-state index contributed by atoms with van der Waals surface area (Å²) >= 11 is 0. The molecule has 2 nitrogen and oxygen atoms in total. The molecule has 0 heterocycles. The molecule has 0 saturated heterocycles. The Hall–Kier alpha value is -1.94. The Labute approximate surface area is 110 Å². The molecule has 2 rings (SSSR count). The number of aliphatic hydroxyl groups excluding tert-OH is 1. The van der Waals surface area contributed by atoms with Crippen LogP contribution in [0.3, 0.4) is 0 Å². The summed E-state index contributed by atoms with van der Waals surface area (Å²) < 4.78 is 26.6. The van der Waals surface area contributed by atoms with Crippen LogP contribution in [0.4, 0.5) is 14.5 Å². The highest BCUT2D eigenvalue weighted by molar-refractivity contribution is 5.47. The standard InChI is InChI=1S/C15H15F2NO/c1-10(12-4-2-3-11(7-12)9-19)18-15-8-13(16)5-6-14(15)17/h2-8,10,18-19H,9H2,1H3. The second-order valence-corrected chi connectivity index (χ2v) is 4.39. The van der Waals surface area contributed by atoms with Gasteiger partial charge in [0, 0.05) is 6.04 Å². The number of nitrogens with one attached hydrogen (secondary N) is 1. The molecule has 0 radical (unpaired) electrons. The maximum Gasteiger partial charge on any atom is 0.146 e. The third-order valence-corrected chi connectivity index (χ3v) is 2.93. The summed E-state index contributed by atoms with van der Waals surface area (Å²) in [6.07, 6.45) is 0. The van der Waals surface area contributed by atoms with E-state index in [4.69, 9.17) is 5.11 Å². The number of rotatable bonds is 4. The van der Waals surface area contributed by atoms with Crippen LogP contribution in [0.1, 0.15) is 24.1 Å². The summed E-state index contributed by atoms with van der Waals surface area (Å²) in [5, 5.41) is 12.0. The lowest BCUT2D eigenvalue weighted by Crippen LogP contribution is -2.08. The van der Waals surface area contributed by atoms with Crippen molar-refractivity contribution in [1.29, 1.82) is 0 Å². The summed E-state index contributed by atoms with van der Waals surface area (Å²) in [5.41, 5.74) is 1.81. The zero-order valence-corrected chi connectivity index (χ0v) is 10.5. The molecule has 4 heteroatoms. The van der Waals surface area contributed by atoms with Gasteiger partial charge in [0.05, 0.1) is 12.3 Å². The van der Waals surface area contributed by atoms with E-state index < -0.39 is 11.6 Å². The minimum atomic E-state index is -0.494. The fourth-order valence-corrected chi connectivity index (χ4v) is 1.89. The van der Waals surface area contributed by atoms with Crippen molar-refractivity contribution >= 4 is 5.69 Å². The first kappa shape index (κ1) is 13.5. The molecule has 0 fully saturated rings. The fraction of sp³-hybridized carbons (Fsp3) is 0.200. The first-order valence-electron chi connectivity index (χ1n) is 6.01. The van der Waals surface area contributed by atoms with Crippen LogP contribution < -0.4 is 5.32 Å². The second kappa shape index (κ2) is 5.80. The van der Waals surface area contributed by atoms with Gasteiger partial charge in [0.15, 0.2) is 0 Å². The van der Waals surface area contributed by atoms with Crippen LogP contribution in [0.25, 0.3) is 0 Å². The molecular formula is C15H15F2NO. The zero-order chi connectivity index (χ0) is 13.8. The van der Waals surface area contributed by atoms with Crippen LogP contribution in [-0.4, -0.2) is 5.11 Å². The molecule has 1 atom stereocenters. The normalized spacial score (nSPS) is 12.2. The summed E-state index contributed by atoms with van der Waals surface area (Å²) in [4.78, 5) is 0. The largest absolute Gasteiger partial charge is 0.392 e. The fourth-order valence-electron chi connectivity index (χ4n) is 1.89. The predicted molar refractivity (Wildman–Crippen MR) is 70.8 cm³/mol. The van der Waals surface area contributed by atoms with Crippen molar-refractivity contribution in [2.24, 2.45) is 0 Å². The Morgan fingerprint density at radius 2 is 1.95 bits per heavy atom. The van der Waals surface area contributed by atoms with Gasteiger partial charge in [-0.1, -0.05) is 24.3 Å². The van der Waals surface area contributed by atoms with E-state index in [1.54, 1.807) is 6.07 Å². The van der Waals surface area contributed by atoms with Gasteiger partial charge in [0.2, 0.25) is 0 Å². The summed E-state index contributed by atoms with van der Waals surface area (Å²) in [6, 6.07) is 10.4. The number of aliphatic hydroxyl groups is 1. The first-order chi connectivity index (χ1) is 9.10. The smallest absolute Gasteiger partial charge is 0.146 e. The van der Waals surface area contributed by atoms with Gasteiger partial charge in [-0.05, 0) is 36.2 Å². The molecule has 2 N–H and O–H groups in total. The van der Waals surface area contributed by atoms with E-state index in [0.29, 0.717) is 0 Å². The Balaban J connectivity index is 2.20. The Morgan fingerprint density at radius 3 is 2.68 bits per heavy atom. The summed E-state index contributed by atoms with van der Waals surface area (Å²) in [6.45, 7) is 1.80. The monoisotopic (exact) mass is 263 g/mol. The lowest BCUT2D eigenvalue weighted by Gasteiger charge is -2.17. The van der Waals surface area contributed by atoms with Crippen molar-refractivity contribution in [2.45, 2.75) is 19.6 Å². The Bertz CT molecular complexity index is 572. The van der Waals surface area contributed by atoms with Gasteiger partial charge >= 0.3 is 0 Å². The second-order valence-electron chi connectivity index (χ2n) is 4.39. The lowest BCUT2D eigenvalue weighted by atomic mass is 10.1. The third kappa shape index (κ3) is 3.29. The number of anilines is 1. The van der Waals surface area contributed by atoms with Crippen LogP contribution in [0.15, 0.2) is 42.5 Å². The minimum absolute atomic E-state index is 0.0467. The Kier molecular flexibility index (Phi) is 4.12. The predicted octanol–water partition coefficient (Wildman–Crippen LogP) is 3.63. The molecule has 0 bridgehead atoms. The first-order valence-corrected chi connectivity index (χ1v) is 6.01. The highest BCUT2D eigenvalue weighted by Crippen LogP contribution is 2.23.